The summed E-state index contributed by atoms with van der Waals surface area (Å²) in [4.78, 5) is 31.6. The van der Waals surface area contributed by atoms with Crippen LogP contribution in [0.1, 0.15) is 73.9 Å². The lowest BCUT2D eigenvalue weighted by Gasteiger charge is -2.37. The second-order valence-electron chi connectivity index (χ2n) is 8.65. The SMILES string of the molecule is CCCCCCC(=O)N(CC(=O)N1CCc2sccc2C1c1ccc(Cl)cc1)C1CC1. The van der Waals surface area contributed by atoms with Crippen molar-refractivity contribution in [3.05, 3.63) is 56.7 Å². The highest BCUT2D eigenvalue weighted by Crippen LogP contribution is 2.38. The van der Waals surface area contributed by atoms with E-state index in [1.165, 1.54) is 10.4 Å². The largest absolute Gasteiger partial charge is 0.330 e. The van der Waals surface area contributed by atoms with E-state index in [1.54, 1.807) is 11.3 Å². The van der Waals surface area contributed by atoms with E-state index < -0.39 is 0 Å². The van der Waals surface area contributed by atoms with E-state index in [4.69, 9.17) is 11.6 Å². The zero-order valence-electron chi connectivity index (χ0n) is 18.2. The maximum atomic E-state index is 13.5. The summed E-state index contributed by atoms with van der Waals surface area (Å²) in [5.74, 6) is 0.189. The van der Waals surface area contributed by atoms with Crippen molar-refractivity contribution >= 4 is 34.8 Å². The molecule has 1 aliphatic heterocycles. The minimum absolute atomic E-state index is 0.0469. The summed E-state index contributed by atoms with van der Waals surface area (Å²) in [5.41, 5.74) is 2.27. The molecule has 4 nitrogen and oxygen atoms in total. The van der Waals surface area contributed by atoms with Crippen molar-refractivity contribution in [2.45, 2.75) is 70.4 Å². The minimum atomic E-state index is -0.111. The first-order valence-corrected chi connectivity index (χ1v) is 12.7. The molecule has 0 N–H and O–H groups in total. The van der Waals surface area contributed by atoms with Gasteiger partial charge in [0, 0.05) is 28.9 Å². The first-order valence-electron chi connectivity index (χ1n) is 11.5. The highest BCUT2D eigenvalue weighted by molar-refractivity contribution is 7.10. The number of carbonyl (C=O) groups is 2. The molecule has 0 radical (unpaired) electrons. The van der Waals surface area contributed by atoms with Crippen LogP contribution in [0.4, 0.5) is 0 Å². The van der Waals surface area contributed by atoms with Crippen molar-refractivity contribution < 1.29 is 9.59 Å². The second kappa shape index (κ2) is 10.2. The fourth-order valence-electron chi connectivity index (χ4n) is 4.48. The van der Waals surface area contributed by atoms with Crippen LogP contribution < -0.4 is 0 Å². The van der Waals surface area contributed by atoms with E-state index in [0.29, 0.717) is 18.0 Å². The lowest BCUT2D eigenvalue weighted by Crippen LogP contribution is -2.47. The lowest BCUT2D eigenvalue weighted by atomic mass is 9.93. The molecule has 2 amide bonds. The molecule has 0 spiro atoms. The van der Waals surface area contributed by atoms with Crippen LogP contribution in [0, 0.1) is 0 Å². The maximum absolute atomic E-state index is 13.5. The fraction of sp³-hybridized carbons (Fsp3) is 0.520. The van der Waals surface area contributed by atoms with E-state index in [9.17, 15) is 9.59 Å². The molecule has 0 saturated heterocycles. The Morgan fingerprint density at radius 3 is 2.61 bits per heavy atom. The maximum Gasteiger partial charge on any atom is 0.243 e. The molecular weight excluding hydrogens is 428 g/mol. The third-order valence-electron chi connectivity index (χ3n) is 6.33. The lowest BCUT2D eigenvalue weighted by molar-refractivity contribution is -0.142. The molecule has 1 atom stereocenters. The minimum Gasteiger partial charge on any atom is -0.330 e. The summed E-state index contributed by atoms with van der Waals surface area (Å²) in [5, 5.41) is 2.80. The van der Waals surface area contributed by atoms with Gasteiger partial charge in [-0.2, -0.15) is 0 Å². The zero-order valence-corrected chi connectivity index (χ0v) is 19.8. The van der Waals surface area contributed by atoms with Gasteiger partial charge in [-0.05, 0) is 60.4 Å². The van der Waals surface area contributed by atoms with Gasteiger partial charge in [-0.1, -0.05) is 49.9 Å². The predicted octanol–water partition coefficient (Wildman–Crippen LogP) is 5.84. The van der Waals surface area contributed by atoms with Crippen molar-refractivity contribution in [1.29, 1.82) is 0 Å². The van der Waals surface area contributed by atoms with Crippen molar-refractivity contribution in [2.75, 3.05) is 13.1 Å². The standard InChI is InChI=1S/C25H31ClN2O2S/c1-2-3-4-5-6-23(29)28(20-11-12-20)17-24(30)27-15-13-22-21(14-16-31-22)25(27)18-7-9-19(26)10-8-18/h7-10,14,16,20,25H,2-6,11-13,15,17H2,1H3. The van der Waals surface area contributed by atoms with Gasteiger partial charge in [-0.3, -0.25) is 9.59 Å². The topological polar surface area (TPSA) is 40.6 Å². The molecule has 1 aliphatic carbocycles. The van der Waals surface area contributed by atoms with Crippen LogP contribution in [0.25, 0.3) is 0 Å². The molecule has 1 aromatic carbocycles. The first-order chi connectivity index (χ1) is 15.1. The third-order valence-corrected chi connectivity index (χ3v) is 7.58. The number of thiophene rings is 1. The van der Waals surface area contributed by atoms with Gasteiger partial charge in [0.05, 0.1) is 6.04 Å². The van der Waals surface area contributed by atoms with Crippen LogP contribution >= 0.6 is 22.9 Å². The van der Waals surface area contributed by atoms with Crippen LogP contribution in [0.2, 0.25) is 5.02 Å². The Morgan fingerprint density at radius 2 is 1.90 bits per heavy atom. The van der Waals surface area contributed by atoms with Crippen LogP contribution in [0.5, 0.6) is 0 Å². The number of rotatable bonds is 9. The van der Waals surface area contributed by atoms with Gasteiger partial charge in [0.25, 0.3) is 0 Å². The number of hydrogen-bond acceptors (Lipinski definition) is 3. The smallest absolute Gasteiger partial charge is 0.243 e. The van der Waals surface area contributed by atoms with Crippen molar-refractivity contribution in [2.24, 2.45) is 0 Å². The summed E-state index contributed by atoms with van der Waals surface area (Å²) >= 11 is 7.87. The van der Waals surface area contributed by atoms with E-state index in [0.717, 1.165) is 50.5 Å². The Morgan fingerprint density at radius 1 is 1.13 bits per heavy atom. The van der Waals surface area contributed by atoms with Crippen LogP contribution in [-0.4, -0.2) is 40.7 Å². The summed E-state index contributed by atoms with van der Waals surface area (Å²) in [6.45, 7) is 3.05. The molecule has 31 heavy (non-hydrogen) atoms. The van der Waals surface area contributed by atoms with Gasteiger partial charge < -0.3 is 9.80 Å². The molecule has 1 saturated carbocycles. The molecule has 2 aromatic rings. The predicted molar refractivity (Wildman–Crippen MR) is 127 cm³/mol. The van der Waals surface area contributed by atoms with Crippen molar-refractivity contribution in [1.82, 2.24) is 9.80 Å². The van der Waals surface area contributed by atoms with E-state index in [1.807, 2.05) is 34.1 Å². The van der Waals surface area contributed by atoms with Crippen molar-refractivity contribution in [3.63, 3.8) is 0 Å². The normalized spacial score (nSPS) is 18.0. The zero-order chi connectivity index (χ0) is 21.8. The average molecular weight is 459 g/mol. The number of amides is 2. The molecule has 1 aromatic heterocycles. The number of fused-ring (bicyclic) bond motifs is 1. The van der Waals surface area contributed by atoms with Gasteiger partial charge in [0.1, 0.15) is 6.54 Å². The van der Waals surface area contributed by atoms with E-state index in [-0.39, 0.29) is 30.4 Å². The number of halogens is 1. The van der Waals surface area contributed by atoms with Gasteiger partial charge in [-0.15, -0.1) is 11.3 Å². The molecule has 2 aliphatic rings. The van der Waals surface area contributed by atoms with Crippen LogP contribution in [0.3, 0.4) is 0 Å². The molecule has 4 rings (SSSR count). The second-order valence-corrected chi connectivity index (χ2v) is 10.1. The van der Waals surface area contributed by atoms with Gasteiger partial charge in [-0.25, -0.2) is 0 Å². The Labute approximate surface area is 194 Å². The molecule has 166 valence electrons. The van der Waals surface area contributed by atoms with Gasteiger partial charge in [0.2, 0.25) is 11.8 Å². The summed E-state index contributed by atoms with van der Waals surface area (Å²) in [6.07, 6.45) is 7.78. The molecule has 2 heterocycles. The van der Waals surface area contributed by atoms with Crippen LogP contribution in [-0.2, 0) is 16.0 Å². The van der Waals surface area contributed by atoms with E-state index in [2.05, 4.69) is 18.4 Å². The monoisotopic (exact) mass is 458 g/mol. The average Bonchev–Trinajstić information content (AvgIpc) is 3.50. The number of hydrogen-bond donors (Lipinski definition) is 0. The van der Waals surface area contributed by atoms with Crippen LogP contribution in [0.15, 0.2) is 35.7 Å². The van der Waals surface area contributed by atoms with Gasteiger partial charge in [0.15, 0.2) is 0 Å². The quantitative estimate of drug-likeness (QED) is 0.443. The fourth-order valence-corrected chi connectivity index (χ4v) is 5.51. The Bertz CT molecular complexity index is 907. The summed E-state index contributed by atoms with van der Waals surface area (Å²) < 4.78 is 0. The molecule has 0 bridgehead atoms. The molecule has 1 unspecified atom stereocenters. The number of unbranched alkanes of at least 4 members (excludes halogenated alkanes) is 3. The highest BCUT2D eigenvalue weighted by Gasteiger charge is 2.37. The Balaban J connectivity index is 1.50. The number of carbonyl (C=O) groups excluding carboxylic acids is 2. The van der Waals surface area contributed by atoms with Crippen molar-refractivity contribution in [3.8, 4) is 0 Å². The molecule has 6 heteroatoms. The van der Waals surface area contributed by atoms with Gasteiger partial charge >= 0.3 is 0 Å². The first kappa shape index (κ1) is 22.3. The molecule has 1 fully saturated rings. The Kier molecular flexibility index (Phi) is 7.34. The van der Waals surface area contributed by atoms with E-state index >= 15 is 0 Å². The number of nitrogens with zero attached hydrogens (tertiary/aromatic N) is 2. The number of benzene rings is 1. The molecular formula is C25H31ClN2O2S. The highest BCUT2D eigenvalue weighted by atomic mass is 35.5. The summed E-state index contributed by atoms with van der Waals surface area (Å²) in [7, 11) is 0. The Hall–Kier alpha value is -1.85. The summed E-state index contributed by atoms with van der Waals surface area (Å²) in [6, 6.07) is 10.1. The third kappa shape index (κ3) is 5.32.